The number of carbonyl (C=O) groups is 1. The topological polar surface area (TPSA) is 84.9 Å². The molecule has 0 aliphatic carbocycles. The van der Waals surface area contributed by atoms with Crippen molar-refractivity contribution < 1.29 is 22.7 Å². The lowest BCUT2D eigenvalue weighted by atomic mass is 10.2. The number of ether oxygens (including phenoxy) is 2. The lowest BCUT2D eigenvalue weighted by Crippen LogP contribution is -2.35. The minimum atomic E-state index is -3.65. The van der Waals surface area contributed by atoms with E-state index in [2.05, 4.69) is 5.32 Å². The summed E-state index contributed by atoms with van der Waals surface area (Å²) < 4.78 is 38.3. The number of hydrogen-bond acceptors (Lipinski definition) is 5. The normalized spacial score (nSPS) is 14.8. The molecule has 1 fully saturated rings. The molecule has 3 rings (SSSR count). The highest BCUT2D eigenvalue weighted by molar-refractivity contribution is 7.89. The van der Waals surface area contributed by atoms with Gasteiger partial charge in [0.05, 0.1) is 24.1 Å². The molecule has 1 heterocycles. The summed E-state index contributed by atoms with van der Waals surface area (Å²) >= 11 is 6.08. The van der Waals surface area contributed by atoms with Crippen molar-refractivity contribution in [2.75, 3.05) is 33.4 Å². The third-order valence-corrected chi connectivity index (χ3v) is 7.47. The zero-order valence-electron chi connectivity index (χ0n) is 17.7. The molecule has 0 spiro atoms. The molecule has 0 radical (unpaired) electrons. The van der Waals surface area contributed by atoms with Crippen LogP contribution in [0.15, 0.2) is 41.3 Å². The minimum absolute atomic E-state index is 0.0888. The summed E-state index contributed by atoms with van der Waals surface area (Å²) in [6.07, 6.45) is 2.71. The van der Waals surface area contributed by atoms with E-state index in [4.69, 9.17) is 21.1 Å². The maximum absolute atomic E-state index is 13.0. The summed E-state index contributed by atoms with van der Waals surface area (Å²) in [5.74, 6) is 0.483. The Kier molecular flexibility index (Phi) is 7.80. The predicted molar refractivity (Wildman–Crippen MR) is 120 cm³/mol. The van der Waals surface area contributed by atoms with Gasteiger partial charge >= 0.3 is 0 Å². The smallest absolute Gasteiger partial charge is 0.255 e. The Morgan fingerprint density at radius 3 is 2.55 bits per heavy atom. The number of halogens is 1. The summed E-state index contributed by atoms with van der Waals surface area (Å²) in [7, 11) is -2.21. The second-order valence-electron chi connectivity index (χ2n) is 7.34. The van der Waals surface area contributed by atoms with E-state index >= 15 is 0 Å². The van der Waals surface area contributed by atoms with Gasteiger partial charge in [0.25, 0.3) is 5.91 Å². The summed E-state index contributed by atoms with van der Waals surface area (Å²) in [5, 5.41) is 3.35. The third-order valence-electron chi connectivity index (χ3n) is 5.17. The average Bonchev–Trinajstić information content (AvgIpc) is 2.79. The zero-order valence-corrected chi connectivity index (χ0v) is 19.3. The van der Waals surface area contributed by atoms with Crippen molar-refractivity contribution in [1.29, 1.82) is 0 Å². The van der Waals surface area contributed by atoms with Crippen LogP contribution in [0, 0.1) is 6.92 Å². The van der Waals surface area contributed by atoms with E-state index in [0.717, 1.165) is 24.8 Å². The summed E-state index contributed by atoms with van der Waals surface area (Å²) in [6.45, 7) is 3.36. The molecule has 0 aromatic heterocycles. The maximum Gasteiger partial charge on any atom is 0.255 e. The van der Waals surface area contributed by atoms with Gasteiger partial charge in [-0.25, -0.2) is 8.42 Å². The highest BCUT2D eigenvalue weighted by Crippen LogP contribution is 2.26. The first-order chi connectivity index (χ1) is 14.8. The molecule has 0 saturated carbocycles. The molecule has 1 aliphatic heterocycles. The minimum Gasteiger partial charge on any atom is -0.496 e. The van der Waals surface area contributed by atoms with Crippen LogP contribution in [0.1, 0.15) is 35.2 Å². The molecule has 0 atom stereocenters. The lowest BCUT2D eigenvalue weighted by molar-refractivity contribution is 0.0943. The molecule has 31 heavy (non-hydrogen) atoms. The molecule has 0 unspecified atom stereocenters. The maximum atomic E-state index is 13.0. The number of nitrogens with zero attached hydrogens (tertiary/aromatic N) is 1. The van der Waals surface area contributed by atoms with Crippen LogP contribution < -0.4 is 14.8 Å². The van der Waals surface area contributed by atoms with Gasteiger partial charge in [0.15, 0.2) is 0 Å². The van der Waals surface area contributed by atoms with Crippen LogP contribution in [-0.4, -0.2) is 52.0 Å². The van der Waals surface area contributed by atoms with E-state index in [9.17, 15) is 13.2 Å². The Labute approximate surface area is 188 Å². The Balaban J connectivity index is 1.66. The number of methoxy groups -OCH3 is 1. The largest absolute Gasteiger partial charge is 0.496 e. The molecule has 1 N–H and O–H groups in total. The van der Waals surface area contributed by atoms with E-state index in [1.807, 2.05) is 13.0 Å². The Bertz CT molecular complexity index is 1040. The third kappa shape index (κ3) is 5.70. The van der Waals surface area contributed by atoms with Crippen LogP contribution in [0.2, 0.25) is 5.02 Å². The molecule has 168 valence electrons. The van der Waals surface area contributed by atoms with Crippen molar-refractivity contribution in [2.45, 2.75) is 31.1 Å². The van der Waals surface area contributed by atoms with E-state index in [-0.39, 0.29) is 23.6 Å². The number of piperidine rings is 1. The van der Waals surface area contributed by atoms with Crippen molar-refractivity contribution in [1.82, 2.24) is 9.62 Å². The van der Waals surface area contributed by atoms with E-state index in [0.29, 0.717) is 29.6 Å². The van der Waals surface area contributed by atoms with E-state index in [1.165, 1.54) is 29.6 Å². The van der Waals surface area contributed by atoms with Gasteiger partial charge in [-0.05, 0) is 55.7 Å². The quantitative estimate of drug-likeness (QED) is 0.600. The van der Waals surface area contributed by atoms with Crippen LogP contribution >= 0.6 is 11.6 Å². The highest BCUT2D eigenvalue weighted by atomic mass is 35.5. The molecule has 2 aromatic carbocycles. The number of hydrogen-bond donors (Lipinski definition) is 1. The first kappa shape index (κ1) is 23.4. The number of amides is 1. The predicted octanol–water partition coefficient (Wildman–Crippen LogP) is 3.64. The van der Waals surface area contributed by atoms with E-state index in [1.54, 1.807) is 12.1 Å². The van der Waals surface area contributed by atoms with Gasteiger partial charge in [0, 0.05) is 18.1 Å². The fourth-order valence-electron chi connectivity index (χ4n) is 3.37. The summed E-state index contributed by atoms with van der Waals surface area (Å²) in [5.41, 5.74) is 1.12. The van der Waals surface area contributed by atoms with E-state index < -0.39 is 15.9 Å². The molecule has 0 bridgehead atoms. The Morgan fingerprint density at radius 2 is 1.87 bits per heavy atom. The van der Waals surface area contributed by atoms with Crippen LogP contribution in [-0.2, 0) is 10.0 Å². The molecule has 7 nitrogen and oxygen atoms in total. The number of benzene rings is 2. The molecule has 1 amide bonds. The number of sulfonamides is 1. The molecular formula is C22H27ClN2O5S. The average molecular weight is 467 g/mol. The first-order valence-corrected chi connectivity index (χ1v) is 12.0. The number of aryl methyl sites for hydroxylation is 1. The van der Waals surface area contributed by atoms with Gasteiger partial charge in [-0.3, -0.25) is 4.79 Å². The second kappa shape index (κ2) is 10.3. The van der Waals surface area contributed by atoms with Gasteiger partial charge in [0.2, 0.25) is 10.0 Å². The Hall–Kier alpha value is -2.29. The SMILES string of the molecule is COc1ccc(S(=O)(=O)N2CCCCC2)cc1C(=O)NCCOc1ccc(C)c(Cl)c1. The Morgan fingerprint density at radius 1 is 1.13 bits per heavy atom. The van der Waals surface area contributed by atoms with Gasteiger partial charge in [-0.2, -0.15) is 4.31 Å². The van der Waals surface area contributed by atoms with Crippen molar-refractivity contribution in [2.24, 2.45) is 0 Å². The van der Waals surface area contributed by atoms with Crippen LogP contribution in [0.3, 0.4) is 0 Å². The lowest BCUT2D eigenvalue weighted by Gasteiger charge is -2.26. The van der Waals surface area contributed by atoms with Gasteiger partial charge in [0.1, 0.15) is 18.1 Å². The summed E-state index contributed by atoms with van der Waals surface area (Å²) in [6, 6.07) is 9.74. The molecule has 1 saturated heterocycles. The van der Waals surface area contributed by atoms with Gasteiger partial charge < -0.3 is 14.8 Å². The van der Waals surface area contributed by atoms with Crippen LogP contribution in [0.5, 0.6) is 11.5 Å². The molecule has 9 heteroatoms. The molecular weight excluding hydrogens is 440 g/mol. The first-order valence-electron chi connectivity index (χ1n) is 10.2. The number of nitrogens with one attached hydrogen (secondary N) is 1. The van der Waals surface area contributed by atoms with Crippen molar-refractivity contribution in [3.8, 4) is 11.5 Å². The van der Waals surface area contributed by atoms with Crippen molar-refractivity contribution in [3.05, 3.63) is 52.5 Å². The zero-order chi connectivity index (χ0) is 22.4. The number of rotatable bonds is 8. The highest BCUT2D eigenvalue weighted by Gasteiger charge is 2.27. The number of carbonyl (C=O) groups excluding carboxylic acids is 1. The molecule has 1 aliphatic rings. The van der Waals surface area contributed by atoms with Crippen molar-refractivity contribution in [3.63, 3.8) is 0 Å². The van der Waals surface area contributed by atoms with Crippen LogP contribution in [0.4, 0.5) is 0 Å². The fraction of sp³-hybridized carbons (Fsp3) is 0.409. The fourth-order valence-corrected chi connectivity index (χ4v) is 5.09. The summed E-state index contributed by atoms with van der Waals surface area (Å²) in [4.78, 5) is 12.8. The van der Waals surface area contributed by atoms with Crippen molar-refractivity contribution >= 4 is 27.5 Å². The van der Waals surface area contributed by atoms with Crippen LogP contribution in [0.25, 0.3) is 0 Å². The monoisotopic (exact) mass is 466 g/mol. The standard InChI is InChI=1S/C22H27ClN2O5S/c1-16-6-7-17(14-20(16)23)30-13-10-24-22(26)19-15-18(8-9-21(19)29-2)31(27,28)25-11-4-3-5-12-25/h6-9,14-15H,3-5,10-13H2,1-2H3,(H,24,26). The van der Waals surface area contributed by atoms with Gasteiger partial charge in [-0.15, -0.1) is 0 Å². The molecule has 2 aromatic rings. The second-order valence-corrected chi connectivity index (χ2v) is 9.69. The van der Waals surface area contributed by atoms with Gasteiger partial charge in [-0.1, -0.05) is 24.1 Å².